The Labute approximate surface area is 131 Å². The summed E-state index contributed by atoms with van der Waals surface area (Å²) in [6.45, 7) is 5.85. The number of benzene rings is 1. The van der Waals surface area contributed by atoms with Gasteiger partial charge in [0.25, 0.3) is 5.91 Å². The van der Waals surface area contributed by atoms with Gasteiger partial charge in [-0.2, -0.15) is 0 Å². The number of hydrogen-bond donors (Lipinski definition) is 2. The molecule has 0 saturated carbocycles. The van der Waals surface area contributed by atoms with Crippen LogP contribution in [0.2, 0.25) is 0 Å². The zero-order valence-electron chi connectivity index (χ0n) is 13.4. The second-order valence-electron chi connectivity index (χ2n) is 5.70. The molecule has 1 aliphatic heterocycles. The third-order valence-corrected chi connectivity index (χ3v) is 3.95. The minimum Gasteiger partial charge on any atom is -0.479 e. The summed E-state index contributed by atoms with van der Waals surface area (Å²) in [6.07, 6.45) is 3.38. The number of carbonyl (C=O) groups is 2. The summed E-state index contributed by atoms with van der Waals surface area (Å²) in [4.78, 5) is 23.9. The van der Waals surface area contributed by atoms with Gasteiger partial charge in [-0.25, -0.2) is 0 Å². The van der Waals surface area contributed by atoms with Crippen LogP contribution < -0.4 is 15.4 Å². The van der Waals surface area contributed by atoms with Crippen molar-refractivity contribution in [2.75, 3.05) is 10.6 Å². The minimum absolute atomic E-state index is 0.0295. The summed E-state index contributed by atoms with van der Waals surface area (Å²) in [5.74, 6) is 0.516. The average Bonchev–Trinajstić information content (AvgIpc) is 2.49. The molecule has 0 saturated heterocycles. The van der Waals surface area contributed by atoms with Gasteiger partial charge >= 0.3 is 0 Å². The maximum atomic E-state index is 12.3. The van der Waals surface area contributed by atoms with Gasteiger partial charge in [0.05, 0.1) is 5.69 Å². The Morgan fingerprint density at radius 3 is 2.86 bits per heavy atom. The Balaban J connectivity index is 2.06. The van der Waals surface area contributed by atoms with Crippen LogP contribution in [0.5, 0.6) is 5.75 Å². The fourth-order valence-corrected chi connectivity index (χ4v) is 2.50. The summed E-state index contributed by atoms with van der Waals surface area (Å²) >= 11 is 0. The van der Waals surface area contributed by atoms with Gasteiger partial charge in [0.1, 0.15) is 5.75 Å². The fraction of sp³-hybridized carbons (Fsp3) is 0.529. The molecule has 1 heterocycles. The monoisotopic (exact) mass is 304 g/mol. The van der Waals surface area contributed by atoms with Crippen molar-refractivity contribution < 1.29 is 14.3 Å². The topological polar surface area (TPSA) is 67.4 Å². The lowest BCUT2D eigenvalue weighted by molar-refractivity contribution is -0.122. The molecule has 0 bridgehead atoms. The van der Waals surface area contributed by atoms with Gasteiger partial charge in [0.15, 0.2) is 6.10 Å². The maximum absolute atomic E-state index is 12.3. The number of fused-ring (bicyclic) bond motifs is 1. The van der Waals surface area contributed by atoms with Gasteiger partial charge in [-0.15, -0.1) is 0 Å². The van der Waals surface area contributed by atoms with Gasteiger partial charge in [-0.1, -0.05) is 26.7 Å². The van der Waals surface area contributed by atoms with Crippen LogP contribution in [0.1, 0.15) is 46.5 Å². The number of amides is 2. The molecule has 2 unspecified atom stereocenters. The maximum Gasteiger partial charge on any atom is 0.265 e. The SMILES string of the molecule is CCCCC(CC)C(=O)Nc1ccc2c(c1)NC(=O)C(C)O2. The molecule has 1 aliphatic rings. The second-order valence-corrected chi connectivity index (χ2v) is 5.70. The van der Waals surface area contributed by atoms with Crippen molar-refractivity contribution >= 4 is 23.2 Å². The number of nitrogens with one attached hydrogen (secondary N) is 2. The first-order chi connectivity index (χ1) is 10.5. The molecule has 22 heavy (non-hydrogen) atoms. The van der Waals surface area contributed by atoms with Crippen molar-refractivity contribution in [2.45, 2.75) is 52.6 Å². The molecule has 2 rings (SSSR count). The van der Waals surface area contributed by atoms with Crippen LogP contribution in [-0.2, 0) is 9.59 Å². The van der Waals surface area contributed by atoms with E-state index in [1.54, 1.807) is 25.1 Å². The summed E-state index contributed by atoms with van der Waals surface area (Å²) < 4.78 is 5.50. The van der Waals surface area contributed by atoms with Gasteiger partial charge < -0.3 is 15.4 Å². The van der Waals surface area contributed by atoms with E-state index >= 15 is 0 Å². The van der Waals surface area contributed by atoms with Gasteiger partial charge in [0.2, 0.25) is 5.91 Å². The van der Waals surface area contributed by atoms with Crippen LogP contribution in [0.4, 0.5) is 11.4 Å². The predicted molar refractivity (Wildman–Crippen MR) is 87.1 cm³/mol. The molecule has 0 aliphatic carbocycles. The standard InChI is InChI=1S/C17H24N2O3/c1-4-6-7-12(5-2)17(21)18-13-8-9-15-14(10-13)19-16(20)11(3)22-15/h8-12H,4-7H2,1-3H3,(H,18,21)(H,19,20). The molecule has 0 spiro atoms. The summed E-state index contributed by atoms with van der Waals surface area (Å²) in [5.41, 5.74) is 1.28. The van der Waals surface area contributed by atoms with Crippen LogP contribution in [0.15, 0.2) is 18.2 Å². The Hall–Kier alpha value is -2.04. The number of anilines is 2. The van der Waals surface area contributed by atoms with Crippen LogP contribution >= 0.6 is 0 Å². The molecule has 5 nitrogen and oxygen atoms in total. The lowest BCUT2D eigenvalue weighted by Gasteiger charge is -2.24. The lowest BCUT2D eigenvalue weighted by Crippen LogP contribution is -2.34. The first kappa shape index (κ1) is 16.3. The molecular formula is C17H24N2O3. The van der Waals surface area contributed by atoms with Crippen LogP contribution in [-0.4, -0.2) is 17.9 Å². The van der Waals surface area contributed by atoms with E-state index in [9.17, 15) is 9.59 Å². The summed E-state index contributed by atoms with van der Waals surface area (Å²) in [7, 11) is 0. The molecule has 0 radical (unpaired) electrons. The zero-order valence-corrected chi connectivity index (χ0v) is 13.4. The fourth-order valence-electron chi connectivity index (χ4n) is 2.50. The molecule has 1 aromatic rings. The van der Waals surface area contributed by atoms with Crippen molar-refractivity contribution in [1.29, 1.82) is 0 Å². The lowest BCUT2D eigenvalue weighted by atomic mass is 9.98. The van der Waals surface area contributed by atoms with Crippen LogP contribution in [0.3, 0.4) is 0 Å². The molecule has 0 fully saturated rings. The number of ether oxygens (including phenoxy) is 1. The Morgan fingerprint density at radius 1 is 1.41 bits per heavy atom. The molecule has 2 N–H and O–H groups in total. The average molecular weight is 304 g/mol. The van der Waals surface area contributed by atoms with Gasteiger partial charge in [-0.3, -0.25) is 9.59 Å². The van der Waals surface area contributed by atoms with E-state index in [2.05, 4.69) is 17.6 Å². The third kappa shape index (κ3) is 3.78. The molecule has 120 valence electrons. The van der Waals surface area contributed by atoms with E-state index in [0.29, 0.717) is 17.1 Å². The first-order valence-electron chi connectivity index (χ1n) is 7.97. The summed E-state index contributed by atoms with van der Waals surface area (Å²) in [6, 6.07) is 5.31. The number of rotatable bonds is 6. The van der Waals surface area contributed by atoms with Crippen LogP contribution in [0.25, 0.3) is 0 Å². The molecular weight excluding hydrogens is 280 g/mol. The number of carbonyl (C=O) groups excluding carboxylic acids is 2. The zero-order chi connectivity index (χ0) is 16.1. The van der Waals surface area contributed by atoms with Gasteiger partial charge in [0, 0.05) is 11.6 Å². The Morgan fingerprint density at radius 2 is 2.18 bits per heavy atom. The van der Waals surface area contributed by atoms with Crippen molar-refractivity contribution in [1.82, 2.24) is 0 Å². The largest absolute Gasteiger partial charge is 0.479 e. The first-order valence-corrected chi connectivity index (χ1v) is 7.97. The van der Waals surface area contributed by atoms with Crippen molar-refractivity contribution in [3.63, 3.8) is 0 Å². The number of unbranched alkanes of at least 4 members (excludes halogenated alkanes) is 1. The molecule has 2 amide bonds. The molecule has 0 aromatic heterocycles. The van der Waals surface area contributed by atoms with Crippen molar-refractivity contribution in [2.24, 2.45) is 5.92 Å². The predicted octanol–water partition coefficient (Wildman–Crippen LogP) is 3.56. The highest BCUT2D eigenvalue weighted by molar-refractivity contribution is 5.99. The normalized spacial score (nSPS) is 18.0. The minimum atomic E-state index is -0.494. The highest BCUT2D eigenvalue weighted by Gasteiger charge is 2.24. The van der Waals surface area contributed by atoms with E-state index < -0.39 is 6.10 Å². The van der Waals surface area contributed by atoms with E-state index in [1.807, 2.05) is 6.92 Å². The van der Waals surface area contributed by atoms with E-state index in [1.165, 1.54) is 0 Å². The smallest absolute Gasteiger partial charge is 0.265 e. The highest BCUT2D eigenvalue weighted by Crippen LogP contribution is 2.32. The third-order valence-electron chi connectivity index (χ3n) is 3.95. The van der Waals surface area contributed by atoms with E-state index in [-0.39, 0.29) is 17.7 Å². The second kappa shape index (κ2) is 7.29. The van der Waals surface area contributed by atoms with Crippen molar-refractivity contribution in [3.05, 3.63) is 18.2 Å². The molecule has 1 aromatic carbocycles. The van der Waals surface area contributed by atoms with E-state index in [4.69, 9.17) is 4.74 Å². The Kier molecular flexibility index (Phi) is 5.41. The van der Waals surface area contributed by atoms with E-state index in [0.717, 1.165) is 25.7 Å². The molecule has 2 atom stereocenters. The summed E-state index contributed by atoms with van der Waals surface area (Å²) in [5, 5.41) is 5.72. The van der Waals surface area contributed by atoms with Gasteiger partial charge in [-0.05, 0) is 38.0 Å². The Bertz CT molecular complexity index is 557. The van der Waals surface area contributed by atoms with Crippen LogP contribution in [0, 0.1) is 5.92 Å². The number of hydrogen-bond acceptors (Lipinski definition) is 3. The molecule has 5 heteroatoms. The quantitative estimate of drug-likeness (QED) is 0.844. The highest BCUT2D eigenvalue weighted by atomic mass is 16.5. The van der Waals surface area contributed by atoms with Crippen molar-refractivity contribution in [3.8, 4) is 5.75 Å².